The van der Waals surface area contributed by atoms with Crippen LogP contribution in [0.4, 0.5) is 0 Å². The number of carbonyl (C=O) groups excluding carboxylic acids is 4. The first-order valence-corrected chi connectivity index (χ1v) is 11.1. The van der Waals surface area contributed by atoms with E-state index < -0.39 is 29.4 Å². The molecule has 172 valence electrons. The highest BCUT2D eigenvalue weighted by Crippen LogP contribution is 2.64. The van der Waals surface area contributed by atoms with Crippen LogP contribution in [0.2, 0.25) is 0 Å². The molecule has 0 radical (unpaired) electrons. The fourth-order valence-electron chi connectivity index (χ4n) is 6.89. The number of fused-ring (bicyclic) bond motifs is 3. The number of Topliss-reactive ketones (excluding diaryl/α,β-unsaturated/α-hetero) is 1. The number of hydrogen-bond donors (Lipinski definition) is 0. The smallest absolute Gasteiger partial charge is 0.330 e. The summed E-state index contributed by atoms with van der Waals surface area (Å²) in [6, 6.07) is 0. The molecule has 3 fully saturated rings. The van der Waals surface area contributed by atoms with Crippen LogP contribution in [0.5, 0.6) is 0 Å². The average molecular weight is 435 g/mol. The molecule has 0 aliphatic heterocycles. The van der Waals surface area contributed by atoms with Gasteiger partial charge in [-0.25, -0.2) is 4.79 Å². The first-order valence-electron chi connectivity index (χ1n) is 11.1. The van der Waals surface area contributed by atoms with Gasteiger partial charge >= 0.3 is 17.9 Å². The summed E-state index contributed by atoms with van der Waals surface area (Å²) >= 11 is 0. The van der Waals surface area contributed by atoms with Crippen LogP contribution < -0.4 is 0 Å². The quantitative estimate of drug-likeness (QED) is 0.382. The number of ketones is 1. The molecule has 3 rings (SSSR count). The first kappa shape index (κ1) is 23.5. The maximum atomic E-state index is 13.5. The van der Waals surface area contributed by atoms with Crippen molar-refractivity contribution in [1.29, 1.82) is 0 Å². The van der Waals surface area contributed by atoms with E-state index in [4.69, 9.17) is 14.2 Å². The van der Waals surface area contributed by atoms with Gasteiger partial charge in [0.2, 0.25) is 0 Å². The summed E-state index contributed by atoms with van der Waals surface area (Å²) in [4.78, 5) is 50.0. The van der Waals surface area contributed by atoms with Crippen molar-refractivity contribution < 1.29 is 33.4 Å². The van der Waals surface area contributed by atoms with Crippen molar-refractivity contribution in [1.82, 2.24) is 0 Å². The van der Waals surface area contributed by atoms with E-state index in [0.717, 1.165) is 24.8 Å². The molecule has 0 bridgehead atoms. The molecule has 3 aliphatic rings. The third-order valence-corrected chi connectivity index (χ3v) is 8.50. The van der Waals surface area contributed by atoms with Crippen molar-refractivity contribution in [2.75, 3.05) is 14.2 Å². The number of hydrogen-bond acceptors (Lipinski definition) is 7. The number of allylic oxidation sites excluding steroid dienone is 1. The van der Waals surface area contributed by atoms with E-state index in [2.05, 4.69) is 6.92 Å². The second kappa shape index (κ2) is 8.40. The molecule has 0 amide bonds. The maximum absolute atomic E-state index is 13.5. The molecule has 0 unspecified atom stereocenters. The molecule has 0 saturated heterocycles. The Morgan fingerprint density at radius 1 is 1.10 bits per heavy atom. The lowest BCUT2D eigenvalue weighted by Gasteiger charge is -2.61. The zero-order valence-corrected chi connectivity index (χ0v) is 19.4. The standard InChI is InChI=1S/C24H34O7/c1-13-15(11-20(27)29-5)7-8-16-21(13)17(26)12-18-23(16,3)10-9-19(31-14(2)25)24(18,4)22(28)30-6/h11,13,16,18-19,21H,7-10,12H2,1-6H3/b15-11+/t13-,16-,18+,19-,21-,23+,24+/m0/s1. The predicted octanol–water partition coefficient (Wildman–Crippen LogP) is 3.25. The van der Waals surface area contributed by atoms with Crippen LogP contribution in [0.15, 0.2) is 11.6 Å². The summed E-state index contributed by atoms with van der Waals surface area (Å²) in [7, 11) is 2.69. The minimum absolute atomic E-state index is 0.0568. The van der Waals surface area contributed by atoms with Gasteiger partial charge in [-0.15, -0.1) is 0 Å². The lowest BCUT2D eigenvalue weighted by molar-refractivity contribution is -0.205. The molecule has 0 spiro atoms. The molecule has 3 aliphatic carbocycles. The number of methoxy groups -OCH3 is 2. The monoisotopic (exact) mass is 434 g/mol. The van der Waals surface area contributed by atoms with Gasteiger partial charge in [0.05, 0.1) is 14.2 Å². The van der Waals surface area contributed by atoms with E-state index in [1.54, 1.807) is 6.92 Å². The van der Waals surface area contributed by atoms with Crippen LogP contribution in [0.1, 0.15) is 59.8 Å². The first-order chi connectivity index (χ1) is 14.5. The molecular weight excluding hydrogens is 400 g/mol. The number of rotatable bonds is 3. The molecule has 7 atom stereocenters. The summed E-state index contributed by atoms with van der Waals surface area (Å²) in [6.45, 7) is 7.31. The Hall–Kier alpha value is -2.18. The van der Waals surface area contributed by atoms with Crippen LogP contribution >= 0.6 is 0 Å². The second-order valence-electron chi connectivity index (χ2n) is 9.84. The van der Waals surface area contributed by atoms with E-state index in [1.807, 2.05) is 6.92 Å². The van der Waals surface area contributed by atoms with E-state index in [-0.39, 0.29) is 41.3 Å². The highest BCUT2D eigenvalue weighted by Gasteiger charge is 2.66. The van der Waals surface area contributed by atoms with Crippen LogP contribution in [0, 0.1) is 34.5 Å². The fraction of sp³-hybridized carbons (Fsp3) is 0.750. The van der Waals surface area contributed by atoms with Gasteiger partial charge in [-0.05, 0) is 55.8 Å². The Bertz CT molecular complexity index is 815. The Morgan fingerprint density at radius 3 is 2.35 bits per heavy atom. The fourth-order valence-corrected chi connectivity index (χ4v) is 6.89. The van der Waals surface area contributed by atoms with Crippen molar-refractivity contribution >= 4 is 23.7 Å². The highest BCUT2D eigenvalue weighted by molar-refractivity contribution is 5.87. The summed E-state index contributed by atoms with van der Waals surface area (Å²) < 4.78 is 15.5. The average Bonchev–Trinajstić information content (AvgIpc) is 2.72. The van der Waals surface area contributed by atoms with Crippen molar-refractivity contribution in [2.45, 2.75) is 65.9 Å². The zero-order valence-electron chi connectivity index (χ0n) is 19.4. The van der Waals surface area contributed by atoms with E-state index in [1.165, 1.54) is 27.2 Å². The molecule has 7 heteroatoms. The lowest BCUT2D eigenvalue weighted by atomic mass is 9.42. The Balaban J connectivity index is 2.01. The van der Waals surface area contributed by atoms with Crippen LogP contribution in [-0.4, -0.2) is 44.0 Å². The third kappa shape index (κ3) is 3.70. The largest absolute Gasteiger partial charge is 0.468 e. The van der Waals surface area contributed by atoms with E-state index in [0.29, 0.717) is 6.42 Å². The molecule has 7 nitrogen and oxygen atoms in total. The molecule has 0 aromatic rings. The molecule has 0 aromatic carbocycles. The summed E-state index contributed by atoms with van der Waals surface area (Å²) in [6.07, 6.45) is 3.95. The molecule has 0 heterocycles. The van der Waals surface area contributed by atoms with E-state index in [9.17, 15) is 19.2 Å². The zero-order chi connectivity index (χ0) is 23.1. The molecular formula is C24H34O7. The van der Waals surface area contributed by atoms with Gasteiger partial charge in [0, 0.05) is 25.3 Å². The summed E-state index contributed by atoms with van der Waals surface area (Å²) in [5.41, 5.74) is -0.407. The van der Waals surface area contributed by atoms with Crippen LogP contribution in [0.3, 0.4) is 0 Å². The van der Waals surface area contributed by atoms with E-state index >= 15 is 0 Å². The van der Waals surface area contributed by atoms with Crippen LogP contribution in [0.25, 0.3) is 0 Å². The molecule has 3 saturated carbocycles. The van der Waals surface area contributed by atoms with Gasteiger partial charge in [0.25, 0.3) is 0 Å². The van der Waals surface area contributed by atoms with Gasteiger partial charge in [0.1, 0.15) is 17.3 Å². The molecule has 0 N–H and O–H groups in total. The van der Waals surface area contributed by atoms with Gasteiger partial charge < -0.3 is 14.2 Å². The SMILES string of the molecule is COC(=O)/C=C1\CC[C@H]2[C@@H](C(=O)C[C@@H]3[C@]2(C)CC[C@H](OC(C)=O)[C@]3(C)C(=O)OC)[C@H]1C. The number of esters is 3. The van der Waals surface area contributed by atoms with Crippen LogP contribution in [-0.2, 0) is 33.4 Å². The van der Waals surface area contributed by atoms with Gasteiger partial charge in [-0.3, -0.25) is 14.4 Å². The predicted molar refractivity (Wildman–Crippen MR) is 112 cm³/mol. The third-order valence-electron chi connectivity index (χ3n) is 8.50. The molecule has 31 heavy (non-hydrogen) atoms. The lowest BCUT2D eigenvalue weighted by Crippen LogP contribution is -2.63. The second-order valence-corrected chi connectivity index (χ2v) is 9.84. The van der Waals surface area contributed by atoms with Gasteiger partial charge in [0.15, 0.2) is 0 Å². The van der Waals surface area contributed by atoms with Gasteiger partial charge in [-0.2, -0.15) is 0 Å². The van der Waals surface area contributed by atoms with Crippen molar-refractivity contribution in [3.8, 4) is 0 Å². The number of carbonyl (C=O) groups is 4. The normalized spacial score (nSPS) is 41.0. The van der Waals surface area contributed by atoms with Crippen molar-refractivity contribution in [3.63, 3.8) is 0 Å². The topological polar surface area (TPSA) is 96.0 Å². The summed E-state index contributed by atoms with van der Waals surface area (Å²) in [5.74, 6) is -1.61. The van der Waals surface area contributed by atoms with Gasteiger partial charge in [-0.1, -0.05) is 19.4 Å². The Morgan fingerprint density at radius 2 is 1.77 bits per heavy atom. The van der Waals surface area contributed by atoms with Crippen molar-refractivity contribution in [3.05, 3.63) is 11.6 Å². The summed E-state index contributed by atoms with van der Waals surface area (Å²) in [5, 5.41) is 0. The number of ether oxygens (including phenoxy) is 3. The highest BCUT2D eigenvalue weighted by atomic mass is 16.6. The Kier molecular flexibility index (Phi) is 6.36. The van der Waals surface area contributed by atoms with Crippen molar-refractivity contribution in [2.24, 2.45) is 34.5 Å². The minimum Gasteiger partial charge on any atom is -0.468 e. The minimum atomic E-state index is -1.08. The Labute approximate surface area is 183 Å². The molecule has 0 aromatic heterocycles. The maximum Gasteiger partial charge on any atom is 0.330 e.